The van der Waals surface area contributed by atoms with Gasteiger partial charge in [0.25, 0.3) is 0 Å². The fraction of sp³-hybridized carbons (Fsp3) is 0.400. The van der Waals surface area contributed by atoms with Crippen molar-refractivity contribution in [3.05, 3.63) is 45.9 Å². The highest BCUT2D eigenvalue weighted by Gasteiger charge is 2.18. The Bertz CT molecular complexity index is 547. The molecule has 4 heteroatoms. The molecule has 3 nitrogen and oxygen atoms in total. The average Bonchev–Trinajstić information content (AvgIpc) is 3.09. The van der Waals surface area contributed by atoms with E-state index in [2.05, 4.69) is 22.8 Å². The zero-order valence-corrected chi connectivity index (χ0v) is 11.9. The van der Waals surface area contributed by atoms with Gasteiger partial charge >= 0.3 is 0 Å². The molecule has 1 aliphatic rings. The van der Waals surface area contributed by atoms with Gasteiger partial charge < -0.3 is 10.1 Å². The summed E-state index contributed by atoms with van der Waals surface area (Å²) in [6.07, 6.45) is 3.35. The van der Waals surface area contributed by atoms with Crippen molar-refractivity contribution in [3.8, 4) is 5.75 Å². The molecule has 1 aromatic heterocycles. The van der Waals surface area contributed by atoms with Gasteiger partial charge in [0.1, 0.15) is 5.75 Å². The summed E-state index contributed by atoms with van der Waals surface area (Å²) in [5, 5.41) is 6.86. The normalized spacial score (nSPS) is 18.7. The summed E-state index contributed by atoms with van der Waals surface area (Å²) in [6, 6.07) is 8.67. The summed E-state index contributed by atoms with van der Waals surface area (Å²) < 4.78 is 5.25. The first-order valence-electron chi connectivity index (χ1n) is 6.66. The zero-order chi connectivity index (χ0) is 13.1. The second kappa shape index (κ2) is 5.72. The number of thiazole rings is 1. The number of hydrogen-bond donors (Lipinski definition) is 1. The van der Waals surface area contributed by atoms with Crippen molar-refractivity contribution >= 4 is 11.3 Å². The van der Waals surface area contributed by atoms with Crippen LogP contribution < -0.4 is 10.1 Å². The van der Waals surface area contributed by atoms with Crippen LogP contribution in [0.2, 0.25) is 0 Å². The van der Waals surface area contributed by atoms with Crippen molar-refractivity contribution in [1.29, 1.82) is 0 Å². The van der Waals surface area contributed by atoms with Crippen molar-refractivity contribution in [3.63, 3.8) is 0 Å². The maximum absolute atomic E-state index is 5.25. The Morgan fingerprint density at radius 3 is 3.21 bits per heavy atom. The Morgan fingerprint density at radius 1 is 1.47 bits per heavy atom. The molecule has 1 N–H and O–H groups in total. The molecular formula is C15H18N2OS. The molecule has 1 saturated heterocycles. The number of rotatable bonds is 4. The van der Waals surface area contributed by atoms with Crippen molar-refractivity contribution in [1.82, 2.24) is 10.3 Å². The molecule has 0 saturated carbocycles. The molecule has 2 aromatic rings. The predicted molar refractivity (Wildman–Crippen MR) is 77.9 cm³/mol. The third kappa shape index (κ3) is 2.96. The highest BCUT2D eigenvalue weighted by molar-refractivity contribution is 7.09. The van der Waals surface area contributed by atoms with Crippen LogP contribution in [0, 0.1) is 0 Å². The van der Waals surface area contributed by atoms with Gasteiger partial charge in [-0.05, 0) is 37.1 Å². The maximum atomic E-state index is 5.25. The third-order valence-electron chi connectivity index (χ3n) is 3.48. The Kier molecular flexibility index (Phi) is 3.80. The molecule has 1 fully saturated rings. The van der Waals surface area contributed by atoms with Crippen LogP contribution in [0.3, 0.4) is 0 Å². The van der Waals surface area contributed by atoms with Gasteiger partial charge in [0.05, 0.1) is 23.9 Å². The number of ether oxygens (including phenoxy) is 1. The van der Waals surface area contributed by atoms with Crippen LogP contribution in [0.1, 0.15) is 35.1 Å². The summed E-state index contributed by atoms with van der Waals surface area (Å²) in [4.78, 5) is 4.76. The van der Waals surface area contributed by atoms with Crippen LogP contribution in [-0.2, 0) is 6.42 Å². The quantitative estimate of drug-likeness (QED) is 0.930. The monoisotopic (exact) mass is 274 g/mol. The first-order valence-corrected chi connectivity index (χ1v) is 7.54. The molecule has 0 bridgehead atoms. The van der Waals surface area contributed by atoms with Gasteiger partial charge in [0.2, 0.25) is 0 Å². The fourth-order valence-corrected chi connectivity index (χ4v) is 3.34. The van der Waals surface area contributed by atoms with E-state index in [0.29, 0.717) is 6.04 Å². The van der Waals surface area contributed by atoms with E-state index in [1.165, 1.54) is 29.1 Å². The highest BCUT2D eigenvalue weighted by Crippen LogP contribution is 2.26. The van der Waals surface area contributed by atoms with Crippen LogP contribution in [0.25, 0.3) is 0 Å². The lowest BCUT2D eigenvalue weighted by Gasteiger charge is -2.05. The van der Waals surface area contributed by atoms with Crippen LogP contribution in [0.4, 0.5) is 0 Å². The molecule has 1 atom stereocenters. The second-order valence-corrected chi connectivity index (χ2v) is 5.79. The largest absolute Gasteiger partial charge is 0.497 e. The first-order chi connectivity index (χ1) is 9.35. The molecule has 0 radical (unpaired) electrons. The molecule has 1 aliphatic heterocycles. The number of methoxy groups -OCH3 is 1. The van der Waals surface area contributed by atoms with Gasteiger partial charge in [-0.25, -0.2) is 4.98 Å². The van der Waals surface area contributed by atoms with Crippen LogP contribution in [-0.4, -0.2) is 18.6 Å². The van der Waals surface area contributed by atoms with Crippen LogP contribution in [0.5, 0.6) is 5.75 Å². The number of hydrogen-bond acceptors (Lipinski definition) is 4. The number of benzene rings is 1. The Labute approximate surface area is 117 Å². The molecule has 0 unspecified atom stereocenters. The molecule has 100 valence electrons. The van der Waals surface area contributed by atoms with E-state index in [1.807, 2.05) is 12.1 Å². The number of nitrogens with zero attached hydrogens (tertiary/aromatic N) is 1. The molecule has 19 heavy (non-hydrogen) atoms. The van der Waals surface area contributed by atoms with E-state index in [4.69, 9.17) is 9.72 Å². The average molecular weight is 274 g/mol. The maximum Gasteiger partial charge on any atom is 0.119 e. The Hall–Kier alpha value is -1.39. The molecule has 2 heterocycles. The lowest BCUT2D eigenvalue weighted by Crippen LogP contribution is -2.13. The standard InChI is InChI=1S/C15H18N2OS/c1-18-12-5-2-4-11(8-12)9-15-17-14(10-19-15)13-6-3-7-16-13/h2,4-5,8,10,13,16H,3,6-7,9H2,1H3/t13-/m0/s1. The van der Waals surface area contributed by atoms with Gasteiger partial charge in [-0.3, -0.25) is 0 Å². The van der Waals surface area contributed by atoms with Crippen molar-refractivity contribution in [2.75, 3.05) is 13.7 Å². The van der Waals surface area contributed by atoms with E-state index in [0.717, 1.165) is 18.7 Å². The highest BCUT2D eigenvalue weighted by atomic mass is 32.1. The van der Waals surface area contributed by atoms with E-state index < -0.39 is 0 Å². The van der Waals surface area contributed by atoms with E-state index in [-0.39, 0.29) is 0 Å². The minimum Gasteiger partial charge on any atom is -0.497 e. The minimum absolute atomic E-state index is 0.468. The summed E-state index contributed by atoms with van der Waals surface area (Å²) >= 11 is 1.75. The smallest absolute Gasteiger partial charge is 0.119 e. The van der Waals surface area contributed by atoms with E-state index >= 15 is 0 Å². The Balaban J connectivity index is 1.72. The summed E-state index contributed by atoms with van der Waals surface area (Å²) in [7, 11) is 1.70. The SMILES string of the molecule is COc1cccc(Cc2nc([C@@H]3CCCN3)cs2)c1. The Morgan fingerprint density at radius 2 is 2.42 bits per heavy atom. The summed E-state index contributed by atoms with van der Waals surface area (Å²) in [5.74, 6) is 0.909. The van der Waals surface area contributed by atoms with Crippen LogP contribution in [0.15, 0.2) is 29.6 Å². The van der Waals surface area contributed by atoms with Gasteiger partial charge in [0, 0.05) is 11.8 Å². The molecule has 1 aromatic carbocycles. The first kappa shape index (κ1) is 12.6. The summed E-state index contributed by atoms with van der Waals surface area (Å²) in [6.45, 7) is 1.12. The third-order valence-corrected chi connectivity index (χ3v) is 4.34. The number of aromatic nitrogens is 1. The van der Waals surface area contributed by atoms with Gasteiger partial charge in [-0.15, -0.1) is 11.3 Å². The van der Waals surface area contributed by atoms with Crippen LogP contribution >= 0.6 is 11.3 Å². The van der Waals surface area contributed by atoms with E-state index in [1.54, 1.807) is 18.4 Å². The molecular weight excluding hydrogens is 256 g/mol. The molecule has 0 amide bonds. The van der Waals surface area contributed by atoms with Gasteiger partial charge in [0.15, 0.2) is 0 Å². The predicted octanol–water partition coefficient (Wildman–Crippen LogP) is 3.17. The van der Waals surface area contributed by atoms with E-state index in [9.17, 15) is 0 Å². The molecule has 3 rings (SSSR count). The fourth-order valence-electron chi connectivity index (χ4n) is 2.46. The molecule has 0 aliphatic carbocycles. The second-order valence-electron chi connectivity index (χ2n) is 4.84. The lowest BCUT2D eigenvalue weighted by atomic mass is 10.1. The van der Waals surface area contributed by atoms with Gasteiger partial charge in [-0.1, -0.05) is 12.1 Å². The van der Waals surface area contributed by atoms with Crippen molar-refractivity contribution in [2.24, 2.45) is 0 Å². The molecule has 0 spiro atoms. The van der Waals surface area contributed by atoms with Gasteiger partial charge in [-0.2, -0.15) is 0 Å². The van der Waals surface area contributed by atoms with Crippen molar-refractivity contribution in [2.45, 2.75) is 25.3 Å². The topological polar surface area (TPSA) is 34.1 Å². The number of nitrogens with one attached hydrogen (secondary N) is 1. The summed E-state index contributed by atoms with van der Waals surface area (Å²) in [5.41, 5.74) is 2.46. The lowest BCUT2D eigenvalue weighted by molar-refractivity contribution is 0.414. The van der Waals surface area contributed by atoms with Crippen molar-refractivity contribution < 1.29 is 4.74 Å². The zero-order valence-electron chi connectivity index (χ0n) is 11.1. The minimum atomic E-state index is 0.468.